The van der Waals surface area contributed by atoms with Gasteiger partial charge >= 0.3 is 0 Å². The summed E-state index contributed by atoms with van der Waals surface area (Å²) in [6.45, 7) is 13.7. The topological polar surface area (TPSA) is 66.8 Å². The lowest BCUT2D eigenvalue weighted by Crippen LogP contribution is -2.54. The monoisotopic (exact) mass is 481 g/mol. The van der Waals surface area contributed by atoms with Crippen LogP contribution in [0.2, 0.25) is 0 Å². The second kappa shape index (κ2) is 6.87. The van der Waals surface area contributed by atoms with Crippen molar-refractivity contribution < 1.29 is 9.46 Å². The summed E-state index contributed by atoms with van der Waals surface area (Å²) in [6.07, 6.45) is 2.35. The van der Waals surface area contributed by atoms with Crippen LogP contribution in [0.25, 0.3) is 22.8 Å². The number of aromatic nitrogens is 3. The largest absolute Gasteiger partial charge is 0.618 e. The van der Waals surface area contributed by atoms with Crippen LogP contribution in [0.3, 0.4) is 0 Å². The van der Waals surface area contributed by atoms with Crippen molar-refractivity contribution in [3.05, 3.63) is 75.4 Å². The fourth-order valence-electron chi connectivity index (χ4n) is 8.77. The summed E-state index contributed by atoms with van der Waals surface area (Å²) in [4.78, 5) is 4.86. The molecule has 3 heterocycles. The van der Waals surface area contributed by atoms with E-state index in [1.807, 2.05) is 30.3 Å². The van der Waals surface area contributed by atoms with E-state index in [9.17, 15) is 10.4 Å². The van der Waals surface area contributed by atoms with E-state index < -0.39 is 0 Å². The molecule has 3 aromatic rings. The SMILES string of the molecule is C[C@@H]1c2c(ccc(-c3cccc(-c4ccc5c([n+]4[O-])[C@@H](C)[C@H]4C[C@@H]5C4(C)C)n3)[n+]2[O-])[C@@H]2C[C@H]1C2(C)C. The molecule has 6 atom stereocenters. The van der Waals surface area contributed by atoms with Crippen molar-refractivity contribution >= 4 is 0 Å². The zero-order valence-corrected chi connectivity index (χ0v) is 22.1. The Morgan fingerprint density at radius 1 is 0.694 bits per heavy atom. The molecule has 9 rings (SSSR count). The molecule has 0 amide bonds. The summed E-state index contributed by atoms with van der Waals surface area (Å²) in [6, 6.07) is 13.8. The Balaban J connectivity index is 1.30. The van der Waals surface area contributed by atoms with Gasteiger partial charge in [-0.1, -0.05) is 47.6 Å². The Kier molecular flexibility index (Phi) is 4.25. The summed E-state index contributed by atoms with van der Waals surface area (Å²) in [7, 11) is 0. The smallest absolute Gasteiger partial charge is 0.242 e. The molecule has 5 nitrogen and oxygen atoms in total. The molecule has 0 unspecified atom stereocenters. The van der Waals surface area contributed by atoms with Crippen LogP contribution in [0.5, 0.6) is 0 Å². The fourth-order valence-corrected chi connectivity index (χ4v) is 8.77. The molecule has 5 heteroatoms. The average Bonchev–Trinajstić information content (AvgIpc) is 2.83. The van der Waals surface area contributed by atoms with Gasteiger partial charge in [0.25, 0.3) is 0 Å². The van der Waals surface area contributed by atoms with Gasteiger partial charge in [0, 0.05) is 35.1 Å². The van der Waals surface area contributed by atoms with Crippen molar-refractivity contribution in [3.63, 3.8) is 0 Å². The van der Waals surface area contributed by atoms with Crippen molar-refractivity contribution in [3.8, 4) is 22.8 Å². The molecule has 6 aliphatic rings. The van der Waals surface area contributed by atoms with Gasteiger partial charge < -0.3 is 10.4 Å². The van der Waals surface area contributed by atoms with Crippen molar-refractivity contribution in [2.75, 3.05) is 0 Å². The van der Waals surface area contributed by atoms with Crippen LogP contribution in [0, 0.1) is 33.1 Å². The van der Waals surface area contributed by atoms with E-state index in [-0.39, 0.29) is 22.7 Å². The van der Waals surface area contributed by atoms with E-state index in [0.717, 1.165) is 20.8 Å². The normalized spacial score (nSPS) is 32.1. The predicted molar refractivity (Wildman–Crippen MR) is 139 cm³/mol. The second-order valence-corrected chi connectivity index (χ2v) is 13.1. The van der Waals surface area contributed by atoms with Crippen molar-refractivity contribution in [1.82, 2.24) is 4.98 Å². The zero-order chi connectivity index (χ0) is 25.3. The summed E-state index contributed by atoms with van der Waals surface area (Å²) in [5, 5.41) is 27.3. The molecule has 3 aromatic heterocycles. The molecule has 0 aliphatic heterocycles. The van der Waals surface area contributed by atoms with E-state index in [2.05, 4.69) is 53.7 Å². The van der Waals surface area contributed by atoms with Crippen LogP contribution in [-0.2, 0) is 0 Å². The third kappa shape index (κ3) is 2.54. The van der Waals surface area contributed by atoms with Crippen LogP contribution in [-0.4, -0.2) is 4.98 Å². The fraction of sp³-hybridized carbons (Fsp3) is 0.516. The summed E-state index contributed by atoms with van der Waals surface area (Å²) in [5.41, 5.74) is 7.07. The first-order valence-electron chi connectivity index (χ1n) is 13.5. The molecule has 0 aromatic carbocycles. The number of pyridine rings is 3. The van der Waals surface area contributed by atoms with E-state index >= 15 is 0 Å². The number of nitrogens with zero attached hydrogens (tertiary/aromatic N) is 3. The minimum absolute atomic E-state index is 0.224. The molecule has 0 saturated heterocycles. The zero-order valence-electron chi connectivity index (χ0n) is 22.1. The number of hydrogen-bond acceptors (Lipinski definition) is 3. The Hall–Kier alpha value is -2.95. The molecule has 2 fully saturated rings. The first-order chi connectivity index (χ1) is 17.0. The van der Waals surface area contributed by atoms with E-state index in [0.29, 0.717) is 46.4 Å². The van der Waals surface area contributed by atoms with Gasteiger partial charge in [0.2, 0.25) is 11.4 Å². The van der Waals surface area contributed by atoms with Gasteiger partial charge in [-0.15, -0.1) is 0 Å². The van der Waals surface area contributed by atoms with Gasteiger partial charge in [0.1, 0.15) is 11.4 Å². The van der Waals surface area contributed by atoms with Gasteiger partial charge in [0.15, 0.2) is 11.4 Å². The van der Waals surface area contributed by atoms with Crippen LogP contribution in [0.15, 0.2) is 42.5 Å². The Labute approximate surface area is 213 Å². The van der Waals surface area contributed by atoms with Crippen LogP contribution < -0.4 is 9.46 Å². The molecule has 0 radical (unpaired) electrons. The summed E-state index contributed by atoms with van der Waals surface area (Å²) in [5.74, 6) is 2.44. The number of rotatable bonds is 2. The van der Waals surface area contributed by atoms with E-state index in [1.165, 1.54) is 24.0 Å². The molecule has 4 bridgehead atoms. The van der Waals surface area contributed by atoms with E-state index in [4.69, 9.17) is 4.98 Å². The Morgan fingerprint density at radius 3 is 1.50 bits per heavy atom. The lowest BCUT2D eigenvalue weighted by atomic mass is 9.45. The molecule has 0 spiro atoms. The van der Waals surface area contributed by atoms with Gasteiger partial charge in [-0.3, -0.25) is 0 Å². The van der Waals surface area contributed by atoms with Crippen LogP contribution in [0.1, 0.15) is 101 Å². The van der Waals surface area contributed by atoms with Gasteiger partial charge in [-0.2, -0.15) is 9.46 Å². The van der Waals surface area contributed by atoms with Crippen molar-refractivity contribution in [2.45, 2.75) is 78.1 Å². The highest BCUT2D eigenvalue weighted by Crippen LogP contribution is 2.66. The first-order valence-corrected chi connectivity index (χ1v) is 13.5. The third-order valence-electron chi connectivity index (χ3n) is 11.1. The Bertz CT molecular complexity index is 1340. The summed E-state index contributed by atoms with van der Waals surface area (Å²) >= 11 is 0. The van der Waals surface area contributed by atoms with Crippen LogP contribution >= 0.6 is 0 Å². The minimum atomic E-state index is 0.224. The second-order valence-electron chi connectivity index (χ2n) is 13.1. The molecule has 186 valence electrons. The lowest BCUT2D eigenvalue weighted by Gasteiger charge is -2.58. The third-order valence-corrected chi connectivity index (χ3v) is 11.1. The van der Waals surface area contributed by atoms with E-state index in [1.54, 1.807) is 0 Å². The molecule has 36 heavy (non-hydrogen) atoms. The minimum Gasteiger partial charge on any atom is -0.618 e. The summed E-state index contributed by atoms with van der Waals surface area (Å²) < 4.78 is 2.24. The first kappa shape index (κ1) is 22.3. The van der Waals surface area contributed by atoms with Crippen molar-refractivity contribution in [1.29, 1.82) is 0 Å². The molecule has 2 saturated carbocycles. The molecular weight excluding hydrogens is 446 g/mol. The Morgan fingerprint density at radius 2 is 1.11 bits per heavy atom. The maximum absolute atomic E-state index is 13.7. The highest BCUT2D eigenvalue weighted by Gasteiger charge is 2.59. The highest BCUT2D eigenvalue weighted by molar-refractivity contribution is 5.60. The lowest BCUT2D eigenvalue weighted by molar-refractivity contribution is -0.607. The van der Waals surface area contributed by atoms with Gasteiger partial charge in [0.05, 0.1) is 0 Å². The highest BCUT2D eigenvalue weighted by atomic mass is 16.5. The predicted octanol–water partition coefficient (Wildman–Crippen LogP) is 6.18. The van der Waals surface area contributed by atoms with Gasteiger partial charge in [-0.25, -0.2) is 4.98 Å². The molecule has 0 N–H and O–H groups in total. The maximum Gasteiger partial charge on any atom is 0.242 e. The number of hydrogen-bond donors (Lipinski definition) is 0. The standard InChI is InChI=1S/C31H35N3O2/c1-16-20-14-22(30(20,3)4)18-10-12-26(33(35)28(16)18)24-8-7-9-25(32-24)27-13-11-19-23-15-21(31(23,5)6)17(2)29(19)34(27)36/h7-13,16-17,20-23H,14-15H2,1-6H3/t16-,17-,20+,21+,22-,23-/m0/s1. The maximum atomic E-state index is 13.7. The van der Waals surface area contributed by atoms with Gasteiger partial charge in [-0.05, 0) is 71.6 Å². The molecule has 6 aliphatic carbocycles. The average molecular weight is 482 g/mol. The molecular formula is C31H35N3O2. The van der Waals surface area contributed by atoms with Crippen molar-refractivity contribution in [2.24, 2.45) is 22.7 Å². The quantitative estimate of drug-likeness (QED) is 0.324. The van der Waals surface area contributed by atoms with Crippen LogP contribution in [0.4, 0.5) is 0 Å².